The van der Waals surface area contributed by atoms with Gasteiger partial charge in [-0.1, -0.05) is 30.3 Å². The zero-order chi connectivity index (χ0) is 23.4. The first kappa shape index (κ1) is 20.7. The Morgan fingerprint density at radius 3 is 2.59 bits per heavy atom. The lowest BCUT2D eigenvalue weighted by Crippen LogP contribution is -2.31. The number of H-pyrrole nitrogens is 1. The molecule has 0 radical (unpaired) electrons. The minimum atomic E-state index is -0.131. The van der Waals surface area contributed by atoms with Gasteiger partial charge in [0.15, 0.2) is 11.6 Å². The number of hydrogen-bond acceptors (Lipinski definition) is 5. The minimum absolute atomic E-state index is 0.131. The first-order valence-electron chi connectivity index (χ1n) is 11.7. The van der Waals surface area contributed by atoms with Crippen molar-refractivity contribution in [3.8, 4) is 22.5 Å². The summed E-state index contributed by atoms with van der Waals surface area (Å²) in [4.78, 5) is 27.3. The van der Waals surface area contributed by atoms with Crippen molar-refractivity contribution in [2.45, 2.75) is 25.8 Å². The van der Waals surface area contributed by atoms with Gasteiger partial charge in [-0.05, 0) is 48.4 Å². The molecule has 1 atom stereocenters. The van der Waals surface area contributed by atoms with Crippen LogP contribution in [0.15, 0.2) is 47.3 Å². The second-order valence-corrected chi connectivity index (χ2v) is 9.50. The zero-order valence-corrected chi connectivity index (χ0v) is 19.1. The molecule has 2 aromatic heterocycles. The van der Waals surface area contributed by atoms with Crippen molar-refractivity contribution in [2.75, 3.05) is 18.8 Å². The van der Waals surface area contributed by atoms with E-state index >= 15 is 0 Å². The Morgan fingerprint density at radius 2 is 1.82 bits per heavy atom. The lowest BCUT2D eigenvalue weighted by molar-refractivity contribution is -0.131. The number of anilines is 1. The Balaban J connectivity index is 1.24. The summed E-state index contributed by atoms with van der Waals surface area (Å²) in [6, 6.07) is 14.1. The molecule has 6 rings (SSSR count). The smallest absolute Gasteiger partial charge is 0.345 e. The Bertz CT molecular complexity index is 1440. The van der Waals surface area contributed by atoms with Crippen LogP contribution in [-0.4, -0.2) is 48.4 Å². The molecule has 174 valence electrons. The lowest BCUT2D eigenvalue weighted by Gasteiger charge is -2.16. The van der Waals surface area contributed by atoms with E-state index in [0.717, 1.165) is 59.9 Å². The molecule has 2 aliphatic rings. The molecule has 1 saturated heterocycles. The molecule has 0 spiro atoms. The molecule has 0 bridgehead atoms. The maximum Gasteiger partial charge on any atom is 0.345 e. The van der Waals surface area contributed by atoms with Gasteiger partial charge in [0.05, 0.1) is 5.52 Å². The normalized spacial score (nSPS) is 18.1. The van der Waals surface area contributed by atoms with E-state index in [0.29, 0.717) is 18.2 Å². The quantitative estimate of drug-likeness (QED) is 0.478. The number of nitrogen functional groups attached to an aromatic ring is 1. The van der Waals surface area contributed by atoms with Gasteiger partial charge in [0.1, 0.15) is 0 Å². The van der Waals surface area contributed by atoms with Gasteiger partial charge in [-0.3, -0.25) is 14.5 Å². The number of likely N-dealkylation sites (tertiary alicyclic amines) is 1. The van der Waals surface area contributed by atoms with E-state index in [1.165, 1.54) is 4.68 Å². The summed E-state index contributed by atoms with van der Waals surface area (Å²) in [5.41, 5.74) is 9.62. The third kappa shape index (κ3) is 3.57. The van der Waals surface area contributed by atoms with Gasteiger partial charge in [-0.15, -0.1) is 5.10 Å². The average molecular weight is 458 g/mol. The molecule has 3 N–H and O–H groups in total. The number of aryl methyl sites for hydroxylation is 1. The largest absolute Gasteiger partial charge is 0.382 e. The number of benzene rings is 2. The average Bonchev–Trinajstić information content (AvgIpc) is 3.40. The van der Waals surface area contributed by atoms with Gasteiger partial charge in [0.25, 0.3) is 0 Å². The number of rotatable bonds is 5. The number of aromatic nitrogens is 5. The van der Waals surface area contributed by atoms with Gasteiger partial charge in [-0.2, -0.15) is 5.10 Å². The van der Waals surface area contributed by atoms with Crippen LogP contribution in [-0.2, 0) is 18.4 Å². The minimum Gasteiger partial charge on any atom is -0.382 e. The summed E-state index contributed by atoms with van der Waals surface area (Å²) in [5, 5.41) is 12.4. The van der Waals surface area contributed by atoms with Crippen LogP contribution in [0.25, 0.3) is 33.4 Å². The molecule has 3 heterocycles. The van der Waals surface area contributed by atoms with Gasteiger partial charge in [0, 0.05) is 43.5 Å². The summed E-state index contributed by atoms with van der Waals surface area (Å²) in [5.74, 6) is 1.93. The molecule has 2 aromatic carbocycles. The van der Waals surface area contributed by atoms with Crippen LogP contribution < -0.4 is 11.4 Å². The number of fused-ring (bicyclic) bond motifs is 1. The fourth-order valence-electron chi connectivity index (χ4n) is 4.94. The molecule has 9 nitrogen and oxygen atoms in total. The number of nitrogens with zero attached hydrogens (tertiary/aromatic N) is 5. The summed E-state index contributed by atoms with van der Waals surface area (Å²) in [6.45, 7) is 2.07. The number of carbonyl (C=O) groups excluding carboxylic acids is 1. The fourth-order valence-corrected chi connectivity index (χ4v) is 4.94. The van der Waals surface area contributed by atoms with E-state index < -0.39 is 0 Å². The SMILES string of the molecule is Cn1nc(-c2ccc(-c3ccc4c(N)n[nH]c4c3)cc2)n(C[C@@H]2CCN(C(=O)C3CC3)C2)c1=O. The highest BCUT2D eigenvalue weighted by Crippen LogP contribution is 2.33. The van der Waals surface area contributed by atoms with Crippen molar-refractivity contribution < 1.29 is 4.79 Å². The van der Waals surface area contributed by atoms with E-state index in [9.17, 15) is 9.59 Å². The number of nitrogens with two attached hydrogens (primary N) is 1. The fraction of sp³-hybridized carbons (Fsp3) is 0.360. The lowest BCUT2D eigenvalue weighted by atomic mass is 10.0. The highest BCUT2D eigenvalue weighted by atomic mass is 16.2. The van der Waals surface area contributed by atoms with Crippen LogP contribution in [0.2, 0.25) is 0 Å². The van der Waals surface area contributed by atoms with E-state index in [4.69, 9.17) is 5.73 Å². The second kappa shape index (κ2) is 7.86. The number of carbonyl (C=O) groups is 1. The van der Waals surface area contributed by atoms with Gasteiger partial charge >= 0.3 is 5.69 Å². The molecular formula is C25H27N7O2. The predicted octanol–water partition coefficient (Wildman–Crippen LogP) is 2.63. The van der Waals surface area contributed by atoms with Crippen molar-refractivity contribution in [3.05, 3.63) is 52.9 Å². The summed E-state index contributed by atoms with van der Waals surface area (Å²) >= 11 is 0. The van der Waals surface area contributed by atoms with Crippen molar-refractivity contribution in [2.24, 2.45) is 18.9 Å². The zero-order valence-electron chi connectivity index (χ0n) is 19.1. The molecule has 34 heavy (non-hydrogen) atoms. The van der Waals surface area contributed by atoms with Crippen LogP contribution in [0.4, 0.5) is 5.82 Å². The summed E-state index contributed by atoms with van der Waals surface area (Å²) < 4.78 is 3.14. The highest BCUT2D eigenvalue weighted by Gasteiger charge is 2.37. The van der Waals surface area contributed by atoms with Crippen LogP contribution in [0.1, 0.15) is 19.3 Å². The van der Waals surface area contributed by atoms with Crippen LogP contribution in [0, 0.1) is 11.8 Å². The van der Waals surface area contributed by atoms with Crippen molar-refractivity contribution in [1.82, 2.24) is 29.4 Å². The number of nitrogens with one attached hydrogen (secondary N) is 1. The highest BCUT2D eigenvalue weighted by molar-refractivity contribution is 5.91. The van der Waals surface area contributed by atoms with E-state index in [1.807, 2.05) is 47.4 Å². The second-order valence-electron chi connectivity index (χ2n) is 9.50. The van der Waals surface area contributed by atoms with Gasteiger partial charge in [0.2, 0.25) is 5.91 Å². The van der Waals surface area contributed by atoms with Crippen molar-refractivity contribution >= 4 is 22.6 Å². The Morgan fingerprint density at radius 1 is 1.09 bits per heavy atom. The molecule has 4 aromatic rings. The number of amides is 1. The molecule has 9 heteroatoms. The molecule has 1 aliphatic carbocycles. The number of hydrogen-bond donors (Lipinski definition) is 2. The predicted molar refractivity (Wildman–Crippen MR) is 130 cm³/mol. The van der Waals surface area contributed by atoms with Crippen LogP contribution in [0.3, 0.4) is 0 Å². The van der Waals surface area contributed by atoms with E-state index in [-0.39, 0.29) is 23.4 Å². The Kier molecular flexibility index (Phi) is 4.79. The Labute approximate surface area is 196 Å². The monoisotopic (exact) mass is 457 g/mol. The topological polar surface area (TPSA) is 115 Å². The van der Waals surface area contributed by atoms with Crippen LogP contribution >= 0.6 is 0 Å². The van der Waals surface area contributed by atoms with Gasteiger partial charge < -0.3 is 10.6 Å². The van der Waals surface area contributed by atoms with Gasteiger partial charge in [-0.25, -0.2) is 9.48 Å². The van der Waals surface area contributed by atoms with Crippen molar-refractivity contribution in [1.29, 1.82) is 0 Å². The molecule has 0 unspecified atom stereocenters. The standard InChI is InChI=1S/C25H27N7O2/c1-30-25(34)32(14-15-10-11-31(13-15)24(33)18-6-7-18)23(29-30)17-4-2-16(3-5-17)19-8-9-20-21(12-19)27-28-22(20)26/h2-5,8-9,12,15,18H,6-7,10-11,13-14H2,1H3,(H3,26,27,28)/t15-/m1/s1. The Hall–Kier alpha value is -3.88. The molecule has 1 amide bonds. The third-order valence-electron chi connectivity index (χ3n) is 7.04. The summed E-state index contributed by atoms with van der Waals surface area (Å²) in [6.07, 6.45) is 2.96. The maximum absolute atomic E-state index is 12.9. The first-order valence-corrected chi connectivity index (χ1v) is 11.7. The molecule has 1 aliphatic heterocycles. The van der Waals surface area contributed by atoms with E-state index in [1.54, 1.807) is 11.6 Å². The molecular weight excluding hydrogens is 430 g/mol. The molecule has 2 fully saturated rings. The van der Waals surface area contributed by atoms with E-state index in [2.05, 4.69) is 15.3 Å². The first-order chi connectivity index (χ1) is 16.5. The summed E-state index contributed by atoms with van der Waals surface area (Å²) in [7, 11) is 1.68. The third-order valence-corrected chi connectivity index (χ3v) is 7.04. The molecule has 1 saturated carbocycles. The van der Waals surface area contributed by atoms with Crippen molar-refractivity contribution in [3.63, 3.8) is 0 Å². The maximum atomic E-state index is 12.9. The number of aromatic amines is 1. The van der Waals surface area contributed by atoms with Crippen LogP contribution in [0.5, 0.6) is 0 Å².